The first kappa shape index (κ1) is 16.9. The average Bonchev–Trinajstić information content (AvgIpc) is 2.33. The van der Waals surface area contributed by atoms with E-state index in [4.69, 9.17) is 9.47 Å². The molecule has 2 heteroatoms. The van der Waals surface area contributed by atoms with Crippen molar-refractivity contribution in [2.45, 2.75) is 78.9 Å². The maximum absolute atomic E-state index is 6.01. The fourth-order valence-electron chi connectivity index (χ4n) is 1.56. The molecule has 0 aromatic heterocycles. The maximum Gasteiger partial charge on any atom is 0.0699 e. The van der Waals surface area contributed by atoms with Crippen molar-refractivity contribution in [1.29, 1.82) is 0 Å². The Morgan fingerprint density at radius 2 is 1.53 bits per heavy atom. The molecule has 0 spiro atoms. The summed E-state index contributed by atoms with van der Waals surface area (Å²) in [6.45, 7) is 16.8. The van der Waals surface area contributed by atoms with Gasteiger partial charge in [-0.15, -0.1) is 0 Å². The van der Waals surface area contributed by atoms with Crippen LogP contribution in [-0.2, 0) is 9.47 Å². The lowest BCUT2D eigenvalue weighted by Crippen LogP contribution is -2.40. The van der Waals surface area contributed by atoms with Gasteiger partial charge in [-0.25, -0.2) is 0 Å². The minimum atomic E-state index is -0.0557. The zero-order chi connectivity index (χ0) is 13.5. The van der Waals surface area contributed by atoms with Gasteiger partial charge in [0.25, 0.3) is 0 Å². The first-order valence-corrected chi connectivity index (χ1v) is 7.09. The van der Waals surface area contributed by atoms with E-state index in [1.807, 2.05) is 0 Å². The van der Waals surface area contributed by atoms with Gasteiger partial charge in [0.15, 0.2) is 0 Å². The Morgan fingerprint density at radius 3 is 1.94 bits per heavy atom. The molecular formula is C15H32O2. The number of rotatable bonds is 9. The predicted octanol–water partition coefficient (Wildman–Crippen LogP) is 4.42. The highest BCUT2D eigenvalue weighted by Gasteiger charge is 2.31. The van der Waals surface area contributed by atoms with E-state index < -0.39 is 0 Å². The van der Waals surface area contributed by atoms with Crippen LogP contribution in [0.2, 0.25) is 0 Å². The monoisotopic (exact) mass is 244 g/mol. The molecule has 0 saturated heterocycles. The molecule has 0 aliphatic carbocycles. The summed E-state index contributed by atoms with van der Waals surface area (Å²) in [5, 5.41) is 0. The van der Waals surface area contributed by atoms with Crippen LogP contribution in [0, 0.1) is 5.92 Å². The highest BCUT2D eigenvalue weighted by molar-refractivity contribution is 4.81. The van der Waals surface area contributed by atoms with Crippen LogP contribution in [0.15, 0.2) is 0 Å². The van der Waals surface area contributed by atoms with Gasteiger partial charge in [-0.05, 0) is 40.0 Å². The SMILES string of the molecule is CCCOC(C)(CC)C(C)COC(C)(C)CC. The second-order valence-electron chi connectivity index (χ2n) is 5.84. The van der Waals surface area contributed by atoms with Gasteiger partial charge in [0.05, 0.1) is 17.8 Å². The summed E-state index contributed by atoms with van der Waals surface area (Å²) in [4.78, 5) is 0. The minimum absolute atomic E-state index is 0.0202. The first-order valence-electron chi connectivity index (χ1n) is 7.09. The van der Waals surface area contributed by atoms with Crippen molar-refractivity contribution in [3.63, 3.8) is 0 Å². The first-order chi connectivity index (χ1) is 7.81. The molecule has 2 unspecified atom stereocenters. The van der Waals surface area contributed by atoms with Gasteiger partial charge in [0.2, 0.25) is 0 Å². The molecule has 0 fully saturated rings. The van der Waals surface area contributed by atoms with E-state index in [1.54, 1.807) is 0 Å². The van der Waals surface area contributed by atoms with E-state index in [0.29, 0.717) is 5.92 Å². The van der Waals surface area contributed by atoms with Crippen molar-refractivity contribution >= 4 is 0 Å². The molecule has 104 valence electrons. The molecule has 0 aromatic carbocycles. The van der Waals surface area contributed by atoms with Crippen molar-refractivity contribution < 1.29 is 9.47 Å². The highest BCUT2D eigenvalue weighted by Crippen LogP contribution is 2.27. The van der Waals surface area contributed by atoms with E-state index >= 15 is 0 Å². The van der Waals surface area contributed by atoms with Gasteiger partial charge in [-0.1, -0.05) is 27.7 Å². The van der Waals surface area contributed by atoms with Gasteiger partial charge < -0.3 is 9.47 Å². The summed E-state index contributed by atoms with van der Waals surface area (Å²) < 4.78 is 12.0. The van der Waals surface area contributed by atoms with Crippen LogP contribution in [0.25, 0.3) is 0 Å². The molecule has 0 aliphatic rings. The average molecular weight is 244 g/mol. The van der Waals surface area contributed by atoms with Crippen LogP contribution in [-0.4, -0.2) is 24.4 Å². The minimum Gasteiger partial charge on any atom is -0.375 e. The van der Waals surface area contributed by atoms with Gasteiger partial charge in [0, 0.05) is 12.5 Å². The third-order valence-corrected chi connectivity index (χ3v) is 3.96. The molecule has 17 heavy (non-hydrogen) atoms. The van der Waals surface area contributed by atoms with Gasteiger partial charge in [-0.3, -0.25) is 0 Å². The fraction of sp³-hybridized carbons (Fsp3) is 1.00. The largest absolute Gasteiger partial charge is 0.375 e. The number of hydrogen-bond donors (Lipinski definition) is 0. The van der Waals surface area contributed by atoms with Crippen molar-refractivity contribution in [2.75, 3.05) is 13.2 Å². The van der Waals surface area contributed by atoms with E-state index in [2.05, 4.69) is 48.5 Å². The Hall–Kier alpha value is -0.0800. The summed E-state index contributed by atoms with van der Waals surface area (Å²) in [6.07, 6.45) is 3.14. The van der Waals surface area contributed by atoms with E-state index in [-0.39, 0.29) is 11.2 Å². The Morgan fingerprint density at radius 1 is 0.941 bits per heavy atom. The van der Waals surface area contributed by atoms with Crippen molar-refractivity contribution in [1.82, 2.24) is 0 Å². The normalized spacial score (nSPS) is 17.8. The second-order valence-corrected chi connectivity index (χ2v) is 5.84. The molecule has 2 nitrogen and oxygen atoms in total. The second kappa shape index (κ2) is 7.38. The molecule has 0 amide bonds. The van der Waals surface area contributed by atoms with E-state index in [0.717, 1.165) is 32.5 Å². The third kappa shape index (κ3) is 5.87. The van der Waals surface area contributed by atoms with Gasteiger partial charge in [-0.2, -0.15) is 0 Å². The van der Waals surface area contributed by atoms with Crippen LogP contribution >= 0.6 is 0 Å². The summed E-state index contributed by atoms with van der Waals surface area (Å²) in [5.74, 6) is 0.421. The number of hydrogen-bond acceptors (Lipinski definition) is 2. The van der Waals surface area contributed by atoms with Crippen molar-refractivity contribution in [2.24, 2.45) is 5.92 Å². The Kier molecular flexibility index (Phi) is 7.34. The highest BCUT2D eigenvalue weighted by atomic mass is 16.5. The quantitative estimate of drug-likeness (QED) is 0.597. The molecular weight excluding hydrogens is 212 g/mol. The van der Waals surface area contributed by atoms with Crippen LogP contribution in [0.3, 0.4) is 0 Å². The van der Waals surface area contributed by atoms with Gasteiger partial charge >= 0.3 is 0 Å². The lowest BCUT2D eigenvalue weighted by Gasteiger charge is -2.36. The molecule has 0 heterocycles. The van der Waals surface area contributed by atoms with Crippen molar-refractivity contribution in [3.8, 4) is 0 Å². The lowest BCUT2D eigenvalue weighted by atomic mass is 9.88. The summed E-state index contributed by atoms with van der Waals surface area (Å²) in [5.41, 5.74) is -0.0759. The third-order valence-electron chi connectivity index (χ3n) is 3.96. The standard InChI is InChI=1S/C15H32O2/c1-8-11-16-15(7,10-3)13(4)12-17-14(5,6)9-2/h13H,8-12H2,1-7H3. The van der Waals surface area contributed by atoms with Crippen LogP contribution in [0.5, 0.6) is 0 Å². The van der Waals surface area contributed by atoms with E-state index in [1.165, 1.54) is 0 Å². The zero-order valence-corrected chi connectivity index (χ0v) is 12.9. The number of ether oxygens (including phenoxy) is 2. The molecule has 0 saturated carbocycles. The molecule has 2 atom stereocenters. The molecule has 0 N–H and O–H groups in total. The van der Waals surface area contributed by atoms with Crippen molar-refractivity contribution in [3.05, 3.63) is 0 Å². The summed E-state index contributed by atoms with van der Waals surface area (Å²) in [7, 11) is 0. The lowest BCUT2D eigenvalue weighted by molar-refractivity contribution is -0.116. The predicted molar refractivity (Wildman–Crippen MR) is 74.4 cm³/mol. The van der Waals surface area contributed by atoms with Crippen LogP contribution in [0.4, 0.5) is 0 Å². The Bertz CT molecular complexity index is 201. The fourth-order valence-corrected chi connectivity index (χ4v) is 1.56. The maximum atomic E-state index is 6.01. The molecule has 0 aliphatic heterocycles. The Balaban J connectivity index is 4.29. The summed E-state index contributed by atoms with van der Waals surface area (Å²) >= 11 is 0. The van der Waals surface area contributed by atoms with E-state index in [9.17, 15) is 0 Å². The molecule has 0 radical (unpaired) electrons. The smallest absolute Gasteiger partial charge is 0.0699 e. The topological polar surface area (TPSA) is 18.5 Å². The van der Waals surface area contributed by atoms with Gasteiger partial charge in [0.1, 0.15) is 0 Å². The molecule has 0 rings (SSSR count). The molecule has 0 aromatic rings. The van der Waals surface area contributed by atoms with Crippen LogP contribution in [0.1, 0.15) is 67.7 Å². The molecule has 0 bridgehead atoms. The summed E-state index contributed by atoms with van der Waals surface area (Å²) in [6, 6.07) is 0. The van der Waals surface area contributed by atoms with Crippen LogP contribution < -0.4 is 0 Å². The Labute approximate surface area is 108 Å². The zero-order valence-electron chi connectivity index (χ0n) is 12.9.